The minimum absolute atomic E-state index is 0.846. The predicted molar refractivity (Wildman–Crippen MR) is 90.9 cm³/mol. The average Bonchev–Trinajstić information content (AvgIpc) is 2.93. The fourth-order valence-electron chi connectivity index (χ4n) is 2.35. The zero-order valence-electron chi connectivity index (χ0n) is 13.7. The van der Waals surface area contributed by atoms with Crippen LogP contribution in [0.15, 0.2) is 47.7 Å². The lowest BCUT2D eigenvalue weighted by atomic mass is 10.2. The molecule has 0 radical (unpaired) electrons. The van der Waals surface area contributed by atoms with Crippen LogP contribution < -0.4 is 5.32 Å². The molecule has 1 aromatic carbocycles. The third kappa shape index (κ3) is 4.91. The Kier molecular flexibility index (Phi) is 6.01. The molecule has 1 heterocycles. The third-order valence-corrected chi connectivity index (χ3v) is 3.45. The highest BCUT2D eigenvalue weighted by atomic mass is 15.3. The second-order valence-corrected chi connectivity index (χ2v) is 5.45. The van der Waals surface area contributed by atoms with Crippen LogP contribution in [0.1, 0.15) is 17.5 Å². The molecule has 0 spiro atoms. The van der Waals surface area contributed by atoms with Gasteiger partial charge in [-0.3, -0.25) is 9.67 Å². The SMILES string of the molecule is CN=C(NCCCn1cc(C)cn1)N(C)Cc1ccccc1. The Morgan fingerprint density at radius 2 is 2.09 bits per heavy atom. The summed E-state index contributed by atoms with van der Waals surface area (Å²) < 4.78 is 1.98. The summed E-state index contributed by atoms with van der Waals surface area (Å²) in [6.07, 6.45) is 4.97. The first-order chi connectivity index (χ1) is 10.7. The molecule has 5 heteroatoms. The van der Waals surface area contributed by atoms with Crippen molar-refractivity contribution in [3.8, 4) is 0 Å². The Morgan fingerprint density at radius 1 is 1.32 bits per heavy atom. The number of nitrogens with zero attached hydrogens (tertiary/aromatic N) is 4. The standard InChI is InChI=1S/C17H25N5/c1-15-12-20-22(13-15)11-7-10-19-17(18-2)21(3)14-16-8-5-4-6-9-16/h4-6,8-9,12-13H,7,10-11,14H2,1-3H3,(H,18,19). The first kappa shape index (κ1) is 16.1. The van der Waals surface area contributed by atoms with E-state index in [-0.39, 0.29) is 0 Å². The van der Waals surface area contributed by atoms with E-state index in [0.29, 0.717) is 0 Å². The van der Waals surface area contributed by atoms with E-state index in [1.807, 2.05) is 24.0 Å². The zero-order chi connectivity index (χ0) is 15.8. The van der Waals surface area contributed by atoms with Crippen molar-refractivity contribution in [2.24, 2.45) is 4.99 Å². The summed E-state index contributed by atoms with van der Waals surface area (Å²) in [5.41, 5.74) is 2.48. The number of guanidine groups is 1. The monoisotopic (exact) mass is 299 g/mol. The summed E-state index contributed by atoms with van der Waals surface area (Å²) in [6, 6.07) is 10.4. The minimum atomic E-state index is 0.846. The smallest absolute Gasteiger partial charge is 0.193 e. The van der Waals surface area contributed by atoms with Crippen LogP contribution in [-0.4, -0.2) is 41.3 Å². The lowest BCUT2D eigenvalue weighted by Crippen LogP contribution is -2.39. The summed E-state index contributed by atoms with van der Waals surface area (Å²) in [5.74, 6) is 0.917. The molecule has 0 fully saturated rings. The van der Waals surface area contributed by atoms with Gasteiger partial charge < -0.3 is 10.2 Å². The second kappa shape index (κ2) is 8.22. The van der Waals surface area contributed by atoms with Gasteiger partial charge in [0.2, 0.25) is 0 Å². The fraction of sp³-hybridized carbons (Fsp3) is 0.412. The predicted octanol–water partition coefficient (Wildman–Crippen LogP) is 2.29. The lowest BCUT2D eigenvalue weighted by molar-refractivity contribution is 0.471. The highest BCUT2D eigenvalue weighted by Gasteiger charge is 2.05. The number of benzene rings is 1. The number of hydrogen-bond donors (Lipinski definition) is 1. The first-order valence-electron chi connectivity index (χ1n) is 7.64. The first-order valence-corrected chi connectivity index (χ1v) is 7.64. The van der Waals surface area contributed by atoms with Crippen molar-refractivity contribution >= 4 is 5.96 Å². The number of aromatic nitrogens is 2. The number of aliphatic imine (C=N–C) groups is 1. The molecule has 1 N–H and O–H groups in total. The van der Waals surface area contributed by atoms with Gasteiger partial charge in [0, 0.05) is 39.9 Å². The summed E-state index contributed by atoms with van der Waals surface area (Å²) >= 11 is 0. The van der Waals surface area contributed by atoms with Gasteiger partial charge in [-0.05, 0) is 24.5 Å². The molecular formula is C17H25N5. The Hall–Kier alpha value is -2.30. The molecule has 1 aromatic heterocycles. The van der Waals surface area contributed by atoms with Crippen molar-refractivity contribution in [3.63, 3.8) is 0 Å². The molecule has 0 unspecified atom stereocenters. The maximum Gasteiger partial charge on any atom is 0.193 e. The number of aryl methyl sites for hydroxylation is 2. The third-order valence-electron chi connectivity index (χ3n) is 3.45. The molecular weight excluding hydrogens is 274 g/mol. The molecule has 5 nitrogen and oxygen atoms in total. The zero-order valence-corrected chi connectivity index (χ0v) is 13.7. The number of hydrogen-bond acceptors (Lipinski definition) is 2. The molecule has 0 aliphatic rings. The summed E-state index contributed by atoms with van der Waals surface area (Å²) in [5, 5.41) is 7.69. The second-order valence-electron chi connectivity index (χ2n) is 5.45. The molecule has 118 valence electrons. The van der Waals surface area contributed by atoms with Gasteiger partial charge in [-0.15, -0.1) is 0 Å². The molecule has 0 amide bonds. The summed E-state index contributed by atoms with van der Waals surface area (Å²) in [4.78, 5) is 6.47. The van der Waals surface area contributed by atoms with Crippen molar-refractivity contribution in [1.82, 2.24) is 20.0 Å². The van der Waals surface area contributed by atoms with Gasteiger partial charge in [-0.2, -0.15) is 5.10 Å². The fourth-order valence-corrected chi connectivity index (χ4v) is 2.35. The maximum atomic E-state index is 4.34. The molecule has 0 aliphatic carbocycles. The maximum absolute atomic E-state index is 4.34. The Labute approximate surface area is 132 Å². The molecule has 0 aliphatic heterocycles. The molecule has 2 aromatic rings. The average molecular weight is 299 g/mol. The van der Waals surface area contributed by atoms with E-state index in [1.165, 1.54) is 11.1 Å². The lowest BCUT2D eigenvalue weighted by Gasteiger charge is -2.22. The van der Waals surface area contributed by atoms with Gasteiger partial charge in [-0.25, -0.2) is 0 Å². The van der Waals surface area contributed by atoms with Crippen LogP contribution in [0.3, 0.4) is 0 Å². The van der Waals surface area contributed by atoms with E-state index >= 15 is 0 Å². The van der Waals surface area contributed by atoms with E-state index in [1.54, 1.807) is 0 Å². The van der Waals surface area contributed by atoms with Gasteiger partial charge in [0.1, 0.15) is 0 Å². The van der Waals surface area contributed by atoms with Crippen LogP contribution in [0.4, 0.5) is 0 Å². The van der Waals surface area contributed by atoms with Gasteiger partial charge in [0.25, 0.3) is 0 Å². The van der Waals surface area contributed by atoms with Crippen molar-refractivity contribution < 1.29 is 0 Å². The molecule has 22 heavy (non-hydrogen) atoms. The van der Waals surface area contributed by atoms with E-state index in [2.05, 4.69) is 64.7 Å². The molecule has 0 atom stereocenters. The van der Waals surface area contributed by atoms with Crippen LogP contribution in [0, 0.1) is 6.92 Å². The molecule has 2 rings (SSSR count). The minimum Gasteiger partial charge on any atom is -0.356 e. The Bertz CT molecular complexity index is 588. The number of nitrogens with one attached hydrogen (secondary N) is 1. The summed E-state index contributed by atoms with van der Waals surface area (Å²) in [6.45, 7) is 4.70. The van der Waals surface area contributed by atoms with E-state index in [4.69, 9.17) is 0 Å². The van der Waals surface area contributed by atoms with Crippen molar-refractivity contribution in [2.45, 2.75) is 26.4 Å². The molecule has 0 saturated carbocycles. The van der Waals surface area contributed by atoms with Gasteiger partial charge in [-0.1, -0.05) is 30.3 Å². The van der Waals surface area contributed by atoms with E-state index < -0.39 is 0 Å². The largest absolute Gasteiger partial charge is 0.356 e. The van der Waals surface area contributed by atoms with E-state index in [0.717, 1.165) is 32.0 Å². The van der Waals surface area contributed by atoms with Crippen LogP contribution in [0.2, 0.25) is 0 Å². The topological polar surface area (TPSA) is 45.5 Å². The Balaban J connectivity index is 1.74. The quantitative estimate of drug-likeness (QED) is 0.506. The van der Waals surface area contributed by atoms with Gasteiger partial charge in [0.15, 0.2) is 5.96 Å². The molecule has 0 saturated heterocycles. The van der Waals surface area contributed by atoms with Crippen LogP contribution in [0.5, 0.6) is 0 Å². The highest BCUT2D eigenvalue weighted by Crippen LogP contribution is 2.02. The van der Waals surface area contributed by atoms with Gasteiger partial charge in [0.05, 0.1) is 6.20 Å². The van der Waals surface area contributed by atoms with Crippen LogP contribution in [-0.2, 0) is 13.1 Å². The van der Waals surface area contributed by atoms with Crippen molar-refractivity contribution in [2.75, 3.05) is 20.6 Å². The number of rotatable bonds is 6. The Morgan fingerprint density at radius 3 is 2.73 bits per heavy atom. The molecule has 0 bridgehead atoms. The van der Waals surface area contributed by atoms with Crippen LogP contribution >= 0.6 is 0 Å². The van der Waals surface area contributed by atoms with Crippen LogP contribution in [0.25, 0.3) is 0 Å². The van der Waals surface area contributed by atoms with Crippen molar-refractivity contribution in [3.05, 3.63) is 53.9 Å². The summed E-state index contributed by atoms with van der Waals surface area (Å²) in [7, 11) is 3.87. The van der Waals surface area contributed by atoms with E-state index in [9.17, 15) is 0 Å². The van der Waals surface area contributed by atoms with Gasteiger partial charge >= 0.3 is 0 Å². The normalized spacial score (nSPS) is 11.5. The van der Waals surface area contributed by atoms with Crippen molar-refractivity contribution in [1.29, 1.82) is 0 Å². The highest BCUT2D eigenvalue weighted by molar-refractivity contribution is 5.79.